The summed E-state index contributed by atoms with van der Waals surface area (Å²) in [6.45, 7) is 0. The van der Waals surface area contributed by atoms with E-state index < -0.39 is 0 Å². The Bertz CT molecular complexity index is 638. The van der Waals surface area contributed by atoms with Crippen molar-refractivity contribution in [2.24, 2.45) is 0 Å². The van der Waals surface area contributed by atoms with Crippen molar-refractivity contribution in [3.05, 3.63) is 39.9 Å². The molecule has 1 heterocycles. The lowest BCUT2D eigenvalue weighted by atomic mass is 10.2. The smallest absolute Gasteiger partial charge is 0.229 e. The number of hydrogen-bond donors (Lipinski definition) is 1. The number of rotatable bonds is 5. The molecule has 112 valence electrons. The van der Waals surface area contributed by atoms with E-state index in [9.17, 15) is 4.39 Å². The molecular weight excluding hydrogens is 357 g/mol. The highest BCUT2D eigenvalue weighted by Crippen LogP contribution is 2.24. The Balaban J connectivity index is 2.00. The Kier molecular flexibility index (Phi) is 5.35. The minimum absolute atomic E-state index is 0.215. The average molecular weight is 372 g/mol. The van der Waals surface area contributed by atoms with Gasteiger partial charge in [0.25, 0.3) is 0 Å². The summed E-state index contributed by atoms with van der Waals surface area (Å²) >= 11 is 4.98. The minimum atomic E-state index is -0.253. The largest absolute Gasteiger partial charge is 0.368 e. The summed E-state index contributed by atoms with van der Waals surface area (Å²) in [5.41, 5.74) is 6.70. The summed E-state index contributed by atoms with van der Waals surface area (Å²) in [4.78, 5) is 14.3. The standard InChI is InChI=1S/C13H15BrFN5S/c1-20(2)13-18-11(17-12(16)19-13)7-21-6-8-3-4-9(15)5-10(8)14/h3-5H,6-7H2,1-2H3,(H2,16,17,18,19). The van der Waals surface area contributed by atoms with Crippen molar-refractivity contribution in [2.75, 3.05) is 24.7 Å². The molecule has 8 heteroatoms. The summed E-state index contributed by atoms with van der Waals surface area (Å²) < 4.78 is 13.8. The number of nitrogens with zero attached hydrogens (tertiary/aromatic N) is 4. The fourth-order valence-corrected chi connectivity index (χ4v) is 3.14. The molecule has 0 saturated heterocycles. The van der Waals surface area contributed by atoms with E-state index >= 15 is 0 Å². The van der Waals surface area contributed by atoms with E-state index in [0.29, 0.717) is 17.5 Å². The molecule has 0 saturated carbocycles. The van der Waals surface area contributed by atoms with E-state index in [4.69, 9.17) is 5.73 Å². The van der Waals surface area contributed by atoms with Crippen LogP contribution in [0.3, 0.4) is 0 Å². The SMILES string of the molecule is CN(C)c1nc(N)nc(CSCc2ccc(F)cc2Br)n1. The first-order valence-electron chi connectivity index (χ1n) is 6.15. The topological polar surface area (TPSA) is 67.9 Å². The van der Waals surface area contributed by atoms with Crippen LogP contribution in [0.5, 0.6) is 0 Å². The molecule has 0 aliphatic carbocycles. The summed E-state index contributed by atoms with van der Waals surface area (Å²) in [5.74, 6) is 2.47. The molecular formula is C13H15BrFN5S. The number of halogens is 2. The highest BCUT2D eigenvalue weighted by molar-refractivity contribution is 9.10. The second-order valence-corrected chi connectivity index (χ2v) is 6.37. The number of hydrogen-bond acceptors (Lipinski definition) is 6. The van der Waals surface area contributed by atoms with Crippen molar-refractivity contribution in [3.63, 3.8) is 0 Å². The van der Waals surface area contributed by atoms with Crippen LogP contribution in [0.2, 0.25) is 0 Å². The Labute approximate surface area is 135 Å². The number of benzene rings is 1. The van der Waals surface area contributed by atoms with Crippen LogP contribution in [0.25, 0.3) is 0 Å². The molecule has 0 aliphatic heterocycles. The van der Waals surface area contributed by atoms with Gasteiger partial charge in [0.05, 0.1) is 5.75 Å². The molecule has 0 atom stereocenters. The second kappa shape index (κ2) is 7.04. The monoisotopic (exact) mass is 371 g/mol. The van der Waals surface area contributed by atoms with Crippen LogP contribution in [0.4, 0.5) is 16.3 Å². The third kappa shape index (κ3) is 4.53. The van der Waals surface area contributed by atoms with Gasteiger partial charge >= 0.3 is 0 Å². The van der Waals surface area contributed by atoms with E-state index in [1.807, 2.05) is 14.1 Å². The third-order valence-corrected chi connectivity index (χ3v) is 4.31. The Morgan fingerprint density at radius 2 is 2.00 bits per heavy atom. The van der Waals surface area contributed by atoms with Gasteiger partial charge in [-0.25, -0.2) is 4.39 Å². The molecule has 1 aromatic carbocycles. The molecule has 21 heavy (non-hydrogen) atoms. The molecule has 0 spiro atoms. The van der Waals surface area contributed by atoms with Gasteiger partial charge in [0.1, 0.15) is 11.6 Å². The van der Waals surface area contributed by atoms with Crippen molar-refractivity contribution in [1.29, 1.82) is 0 Å². The molecule has 2 aromatic rings. The number of aromatic nitrogens is 3. The molecule has 0 radical (unpaired) electrons. The molecule has 0 aliphatic rings. The molecule has 1 aromatic heterocycles. The summed E-state index contributed by atoms with van der Waals surface area (Å²) in [5, 5.41) is 0. The Morgan fingerprint density at radius 1 is 1.24 bits per heavy atom. The lowest BCUT2D eigenvalue weighted by Crippen LogP contribution is -2.15. The van der Waals surface area contributed by atoms with E-state index in [2.05, 4.69) is 30.9 Å². The van der Waals surface area contributed by atoms with E-state index in [1.165, 1.54) is 12.1 Å². The summed E-state index contributed by atoms with van der Waals surface area (Å²) in [7, 11) is 3.70. The van der Waals surface area contributed by atoms with Crippen molar-refractivity contribution in [2.45, 2.75) is 11.5 Å². The summed E-state index contributed by atoms with van der Waals surface area (Å²) in [6, 6.07) is 4.67. The average Bonchev–Trinajstić information content (AvgIpc) is 2.40. The maximum absolute atomic E-state index is 13.0. The lowest BCUT2D eigenvalue weighted by Gasteiger charge is -2.11. The normalized spacial score (nSPS) is 10.7. The van der Waals surface area contributed by atoms with Gasteiger partial charge in [-0.3, -0.25) is 0 Å². The zero-order chi connectivity index (χ0) is 15.4. The predicted octanol–water partition coefficient (Wildman–Crippen LogP) is 2.85. The minimum Gasteiger partial charge on any atom is -0.368 e. The number of nitrogens with two attached hydrogens (primary N) is 1. The molecule has 0 fully saturated rings. The van der Waals surface area contributed by atoms with Crippen LogP contribution in [0.15, 0.2) is 22.7 Å². The van der Waals surface area contributed by atoms with Crippen molar-refractivity contribution in [3.8, 4) is 0 Å². The first-order valence-corrected chi connectivity index (χ1v) is 8.10. The van der Waals surface area contributed by atoms with Crippen LogP contribution in [0.1, 0.15) is 11.4 Å². The van der Waals surface area contributed by atoms with E-state index in [1.54, 1.807) is 22.7 Å². The van der Waals surface area contributed by atoms with Gasteiger partial charge in [0, 0.05) is 24.3 Å². The first kappa shape index (κ1) is 16.0. The van der Waals surface area contributed by atoms with Crippen molar-refractivity contribution < 1.29 is 4.39 Å². The van der Waals surface area contributed by atoms with Crippen LogP contribution in [-0.2, 0) is 11.5 Å². The molecule has 2 N–H and O–H groups in total. The number of thioether (sulfide) groups is 1. The second-order valence-electron chi connectivity index (χ2n) is 4.53. The van der Waals surface area contributed by atoms with Crippen LogP contribution >= 0.6 is 27.7 Å². The molecule has 0 amide bonds. The van der Waals surface area contributed by atoms with Crippen LogP contribution in [0, 0.1) is 5.82 Å². The van der Waals surface area contributed by atoms with E-state index in [0.717, 1.165) is 15.8 Å². The van der Waals surface area contributed by atoms with Gasteiger partial charge < -0.3 is 10.6 Å². The highest BCUT2D eigenvalue weighted by Gasteiger charge is 2.07. The third-order valence-electron chi connectivity index (χ3n) is 2.59. The maximum Gasteiger partial charge on any atom is 0.229 e. The molecule has 0 unspecified atom stereocenters. The van der Waals surface area contributed by atoms with Crippen LogP contribution < -0.4 is 10.6 Å². The zero-order valence-corrected chi connectivity index (χ0v) is 14.1. The molecule has 5 nitrogen and oxygen atoms in total. The first-order chi connectivity index (χ1) is 9.95. The predicted molar refractivity (Wildman–Crippen MR) is 87.7 cm³/mol. The fourth-order valence-electron chi connectivity index (χ4n) is 1.58. The zero-order valence-electron chi connectivity index (χ0n) is 11.7. The van der Waals surface area contributed by atoms with Crippen molar-refractivity contribution >= 4 is 39.6 Å². The van der Waals surface area contributed by atoms with Gasteiger partial charge in [-0.2, -0.15) is 15.0 Å². The van der Waals surface area contributed by atoms with Gasteiger partial charge in [0.15, 0.2) is 0 Å². The molecule has 2 rings (SSSR count). The van der Waals surface area contributed by atoms with Gasteiger partial charge in [-0.05, 0) is 17.7 Å². The Morgan fingerprint density at radius 3 is 2.67 bits per heavy atom. The van der Waals surface area contributed by atoms with Crippen LogP contribution in [-0.4, -0.2) is 29.0 Å². The maximum atomic E-state index is 13.0. The number of anilines is 2. The van der Waals surface area contributed by atoms with Gasteiger partial charge in [0.2, 0.25) is 11.9 Å². The quantitative estimate of drug-likeness (QED) is 0.871. The summed E-state index contributed by atoms with van der Waals surface area (Å²) in [6.07, 6.45) is 0. The van der Waals surface area contributed by atoms with Crippen molar-refractivity contribution in [1.82, 2.24) is 15.0 Å². The van der Waals surface area contributed by atoms with E-state index in [-0.39, 0.29) is 11.8 Å². The van der Waals surface area contributed by atoms with Gasteiger partial charge in [-0.1, -0.05) is 22.0 Å². The Hall–Kier alpha value is -1.41. The highest BCUT2D eigenvalue weighted by atomic mass is 79.9. The number of nitrogen functional groups attached to an aromatic ring is 1. The lowest BCUT2D eigenvalue weighted by molar-refractivity contribution is 0.626. The molecule has 0 bridgehead atoms. The fraction of sp³-hybridized carbons (Fsp3) is 0.308. The van der Waals surface area contributed by atoms with Gasteiger partial charge in [-0.15, -0.1) is 11.8 Å².